The predicted octanol–water partition coefficient (Wildman–Crippen LogP) is 1.92. The lowest BCUT2D eigenvalue weighted by molar-refractivity contribution is -0.145. The van der Waals surface area contributed by atoms with E-state index in [4.69, 9.17) is 4.74 Å². The van der Waals surface area contributed by atoms with Crippen molar-refractivity contribution in [1.29, 1.82) is 0 Å². The highest BCUT2D eigenvalue weighted by Crippen LogP contribution is 2.39. The van der Waals surface area contributed by atoms with Gasteiger partial charge in [0, 0.05) is 6.04 Å². The average molecular weight is 249 g/mol. The van der Waals surface area contributed by atoms with Crippen molar-refractivity contribution in [2.45, 2.75) is 38.3 Å². The van der Waals surface area contributed by atoms with Crippen molar-refractivity contribution in [3.05, 3.63) is 29.3 Å². The van der Waals surface area contributed by atoms with Gasteiger partial charge in [-0.1, -0.05) is 6.07 Å². The van der Waals surface area contributed by atoms with Crippen LogP contribution in [0.15, 0.2) is 18.2 Å². The van der Waals surface area contributed by atoms with Gasteiger partial charge in [-0.2, -0.15) is 0 Å². The largest absolute Gasteiger partial charge is 0.497 e. The zero-order valence-electron chi connectivity index (χ0n) is 11.0. The van der Waals surface area contributed by atoms with Crippen molar-refractivity contribution in [3.63, 3.8) is 0 Å². The minimum Gasteiger partial charge on any atom is -0.497 e. The topological polar surface area (TPSA) is 58.6 Å². The lowest BCUT2D eigenvalue weighted by Gasteiger charge is -2.29. The van der Waals surface area contributed by atoms with Gasteiger partial charge in [0.1, 0.15) is 11.3 Å². The summed E-state index contributed by atoms with van der Waals surface area (Å²) >= 11 is 0. The van der Waals surface area contributed by atoms with Crippen molar-refractivity contribution in [3.8, 4) is 5.75 Å². The van der Waals surface area contributed by atoms with E-state index in [1.807, 2.05) is 32.0 Å². The number of carboxylic acids is 1. The zero-order chi connectivity index (χ0) is 13.3. The maximum absolute atomic E-state index is 11.7. The molecule has 0 amide bonds. The van der Waals surface area contributed by atoms with Crippen LogP contribution in [-0.4, -0.2) is 24.2 Å². The molecular weight excluding hydrogens is 230 g/mol. The Kier molecular flexibility index (Phi) is 3.30. The zero-order valence-corrected chi connectivity index (χ0v) is 11.0. The highest BCUT2D eigenvalue weighted by atomic mass is 16.5. The minimum atomic E-state index is -0.974. The molecule has 2 rings (SSSR count). The number of carboxylic acid groups (broad SMARTS) is 1. The van der Waals surface area contributed by atoms with Gasteiger partial charge in [-0.05, 0) is 49.9 Å². The molecule has 1 aromatic carbocycles. The highest BCUT2D eigenvalue weighted by Gasteiger charge is 2.46. The maximum Gasteiger partial charge on any atom is 0.328 e. The van der Waals surface area contributed by atoms with E-state index in [1.54, 1.807) is 7.11 Å². The van der Waals surface area contributed by atoms with Gasteiger partial charge in [0.15, 0.2) is 0 Å². The number of hydrogen-bond acceptors (Lipinski definition) is 3. The number of methoxy groups -OCH3 is 1. The lowest BCUT2D eigenvalue weighted by atomic mass is 9.91. The van der Waals surface area contributed by atoms with Crippen LogP contribution >= 0.6 is 0 Å². The van der Waals surface area contributed by atoms with Crippen molar-refractivity contribution >= 4 is 5.97 Å². The first-order valence-corrected chi connectivity index (χ1v) is 6.18. The molecule has 0 bridgehead atoms. The summed E-state index contributed by atoms with van der Waals surface area (Å²) in [6.45, 7) is 3.92. The van der Waals surface area contributed by atoms with Gasteiger partial charge in [0.05, 0.1) is 7.11 Å². The number of aliphatic carboxylic acids is 1. The van der Waals surface area contributed by atoms with Crippen LogP contribution in [-0.2, 0) is 16.8 Å². The Morgan fingerprint density at radius 3 is 2.78 bits per heavy atom. The van der Waals surface area contributed by atoms with E-state index in [2.05, 4.69) is 5.32 Å². The van der Waals surface area contributed by atoms with E-state index in [9.17, 15) is 9.90 Å². The Morgan fingerprint density at radius 1 is 1.50 bits per heavy atom. The molecule has 0 heterocycles. The SMILES string of the molecule is COc1ccc2c(c1)C(NC(C)C)(C(=O)O)CC2. The molecule has 4 heteroatoms. The molecule has 4 nitrogen and oxygen atoms in total. The molecule has 1 atom stereocenters. The third-order valence-electron chi connectivity index (χ3n) is 3.45. The third-order valence-corrected chi connectivity index (χ3v) is 3.45. The summed E-state index contributed by atoms with van der Waals surface area (Å²) in [5.74, 6) is -0.116. The monoisotopic (exact) mass is 249 g/mol. The van der Waals surface area contributed by atoms with Crippen LogP contribution in [0.3, 0.4) is 0 Å². The van der Waals surface area contributed by atoms with Crippen LogP contribution < -0.4 is 10.1 Å². The number of aryl methyl sites for hydroxylation is 1. The van der Waals surface area contributed by atoms with E-state index in [-0.39, 0.29) is 6.04 Å². The molecule has 0 aliphatic heterocycles. The first kappa shape index (κ1) is 12.9. The first-order chi connectivity index (χ1) is 8.49. The summed E-state index contributed by atoms with van der Waals surface area (Å²) in [4.78, 5) is 11.7. The number of rotatable bonds is 4. The van der Waals surface area contributed by atoms with Gasteiger partial charge in [0.2, 0.25) is 0 Å². The molecule has 0 spiro atoms. The third kappa shape index (κ3) is 1.97. The van der Waals surface area contributed by atoms with Crippen molar-refractivity contribution < 1.29 is 14.6 Å². The van der Waals surface area contributed by atoms with Crippen LogP contribution in [0.1, 0.15) is 31.4 Å². The Bertz CT molecular complexity index is 470. The smallest absolute Gasteiger partial charge is 0.328 e. The van der Waals surface area contributed by atoms with Crippen LogP contribution in [0.25, 0.3) is 0 Å². The second kappa shape index (κ2) is 4.61. The van der Waals surface area contributed by atoms with Crippen LogP contribution in [0.2, 0.25) is 0 Å². The first-order valence-electron chi connectivity index (χ1n) is 6.18. The maximum atomic E-state index is 11.7. The lowest BCUT2D eigenvalue weighted by Crippen LogP contribution is -2.50. The van der Waals surface area contributed by atoms with Crippen LogP contribution in [0.4, 0.5) is 0 Å². The van der Waals surface area contributed by atoms with Crippen LogP contribution in [0, 0.1) is 0 Å². The number of benzene rings is 1. The summed E-state index contributed by atoms with van der Waals surface area (Å²) in [6.07, 6.45) is 1.37. The van der Waals surface area contributed by atoms with Crippen LogP contribution in [0.5, 0.6) is 5.75 Å². The Morgan fingerprint density at radius 2 is 2.22 bits per heavy atom. The van der Waals surface area contributed by atoms with Gasteiger partial charge in [-0.25, -0.2) is 4.79 Å². The van der Waals surface area contributed by atoms with E-state index in [0.717, 1.165) is 17.5 Å². The summed E-state index contributed by atoms with van der Waals surface area (Å²) in [5.41, 5.74) is 0.951. The minimum absolute atomic E-state index is 0.109. The van der Waals surface area contributed by atoms with Crippen molar-refractivity contribution in [2.75, 3.05) is 7.11 Å². The number of nitrogens with one attached hydrogen (secondary N) is 1. The van der Waals surface area contributed by atoms with E-state index >= 15 is 0 Å². The summed E-state index contributed by atoms with van der Waals surface area (Å²) < 4.78 is 5.20. The molecule has 1 unspecified atom stereocenters. The fourth-order valence-electron chi connectivity index (χ4n) is 2.68. The molecule has 0 saturated heterocycles. The molecule has 0 fully saturated rings. The molecule has 1 aliphatic rings. The summed E-state index contributed by atoms with van der Waals surface area (Å²) in [7, 11) is 1.59. The van der Waals surface area contributed by atoms with Gasteiger partial charge in [-0.3, -0.25) is 5.32 Å². The van der Waals surface area contributed by atoms with Crippen molar-refractivity contribution in [1.82, 2.24) is 5.32 Å². The Balaban J connectivity index is 2.51. The van der Waals surface area contributed by atoms with E-state index < -0.39 is 11.5 Å². The number of hydrogen-bond donors (Lipinski definition) is 2. The second-order valence-electron chi connectivity index (χ2n) is 5.03. The standard InChI is InChI=1S/C14H19NO3/c1-9(2)15-14(13(16)17)7-6-10-4-5-11(18-3)8-12(10)14/h4-5,8-9,15H,6-7H2,1-3H3,(H,16,17). The number of fused-ring (bicyclic) bond motifs is 1. The molecule has 0 saturated carbocycles. The predicted molar refractivity (Wildman–Crippen MR) is 68.9 cm³/mol. The fourth-order valence-corrected chi connectivity index (χ4v) is 2.68. The summed E-state index contributed by atoms with van der Waals surface area (Å²) in [6, 6.07) is 5.79. The van der Waals surface area contributed by atoms with Gasteiger partial charge >= 0.3 is 5.97 Å². The average Bonchev–Trinajstić information content (AvgIpc) is 2.68. The molecule has 2 N–H and O–H groups in total. The molecular formula is C14H19NO3. The molecule has 98 valence electrons. The highest BCUT2D eigenvalue weighted by molar-refractivity contribution is 5.83. The van der Waals surface area contributed by atoms with Gasteiger partial charge in [0.25, 0.3) is 0 Å². The molecule has 0 aromatic heterocycles. The molecule has 18 heavy (non-hydrogen) atoms. The molecule has 1 aliphatic carbocycles. The summed E-state index contributed by atoms with van der Waals surface area (Å²) in [5, 5.41) is 12.8. The molecule has 1 aromatic rings. The quantitative estimate of drug-likeness (QED) is 0.856. The Labute approximate surface area is 107 Å². The second-order valence-corrected chi connectivity index (χ2v) is 5.03. The van der Waals surface area contributed by atoms with E-state index in [0.29, 0.717) is 12.2 Å². The molecule has 0 radical (unpaired) electrons. The van der Waals surface area contributed by atoms with E-state index in [1.165, 1.54) is 0 Å². The number of ether oxygens (including phenoxy) is 1. The van der Waals surface area contributed by atoms with Crippen molar-refractivity contribution in [2.24, 2.45) is 0 Å². The Hall–Kier alpha value is -1.55. The van der Waals surface area contributed by atoms with Gasteiger partial charge < -0.3 is 9.84 Å². The normalized spacial score (nSPS) is 22.0. The number of carbonyl (C=O) groups is 1. The fraction of sp³-hybridized carbons (Fsp3) is 0.500. The van der Waals surface area contributed by atoms with Gasteiger partial charge in [-0.15, -0.1) is 0 Å².